The molecule has 0 saturated heterocycles. The summed E-state index contributed by atoms with van der Waals surface area (Å²) in [5.41, 5.74) is 0. The summed E-state index contributed by atoms with van der Waals surface area (Å²) in [4.78, 5) is 8.27. The molecule has 5 heteroatoms. The number of halogens is 1. The molecule has 0 aliphatic carbocycles. The minimum atomic E-state index is 0.508. The Morgan fingerprint density at radius 3 is 3.08 bits per heavy atom. The summed E-state index contributed by atoms with van der Waals surface area (Å²) < 4.78 is 0. The first-order valence-corrected chi connectivity index (χ1v) is 5.26. The number of rotatable bonds is 4. The molecule has 1 rings (SSSR count). The zero-order valence-electron chi connectivity index (χ0n) is 7.25. The van der Waals surface area contributed by atoms with E-state index in [1.807, 2.05) is 6.26 Å². The molecule has 70 valence electrons. The van der Waals surface area contributed by atoms with Crippen LogP contribution in [-0.2, 0) is 0 Å². The summed E-state index contributed by atoms with van der Waals surface area (Å²) in [6, 6.07) is 0. The minimum absolute atomic E-state index is 0.508. The Kier molecular flexibility index (Phi) is 4.05. The van der Waals surface area contributed by atoms with E-state index in [1.54, 1.807) is 24.2 Å². The largest absolute Gasteiger partial charge is 0.364 e. The van der Waals surface area contributed by atoms with Gasteiger partial charge in [0.2, 0.25) is 0 Å². The normalized spacial score (nSPS) is 9.69. The Balaban J connectivity index is 2.61. The second kappa shape index (κ2) is 5.09. The highest BCUT2D eigenvalue weighted by atomic mass is 35.5. The van der Waals surface area contributed by atoms with Gasteiger partial charge in [-0.1, -0.05) is 18.2 Å². The zero-order valence-corrected chi connectivity index (χ0v) is 8.82. The SMILES string of the molecule is C=C(Cl)CNc1cncc(SC)n1. The first-order valence-electron chi connectivity index (χ1n) is 3.65. The van der Waals surface area contributed by atoms with Crippen molar-refractivity contribution >= 4 is 29.2 Å². The predicted octanol–water partition coefficient (Wildman–Crippen LogP) is 2.36. The van der Waals surface area contributed by atoms with Gasteiger partial charge in [0.25, 0.3) is 0 Å². The van der Waals surface area contributed by atoms with E-state index in [0.29, 0.717) is 17.4 Å². The lowest BCUT2D eigenvalue weighted by Gasteiger charge is -2.03. The van der Waals surface area contributed by atoms with Gasteiger partial charge >= 0.3 is 0 Å². The van der Waals surface area contributed by atoms with E-state index >= 15 is 0 Å². The highest BCUT2D eigenvalue weighted by Gasteiger charge is 1.96. The fourth-order valence-corrected chi connectivity index (χ4v) is 1.14. The van der Waals surface area contributed by atoms with E-state index in [4.69, 9.17) is 11.6 Å². The number of aromatic nitrogens is 2. The summed E-state index contributed by atoms with van der Waals surface area (Å²) in [5.74, 6) is 0.716. The molecule has 0 atom stereocenters. The fourth-order valence-electron chi connectivity index (χ4n) is 0.718. The number of anilines is 1. The van der Waals surface area contributed by atoms with Gasteiger partial charge in [0.05, 0.1) is 18.9 Å². The third kappa shape index (κ3) is 3.65. The zero-order chi connectivity index (χ0) is 9.68. The average Bonchev–Trinajstić information content (AvgIpc) is 2.15. The van der Waals surface area contributed by atoms with Gasteiger partial charge in [-0.15, -0.1) is 11.8 Å². The van der Waals surface area contributed by atoms with Gasteiger partial charge in [-0.2, -0.15) is 0 Å². The van der Waals surface area contributed by atoms with E-state index in [-0.39, 0.29) is 0 Å². The molecule has 1 aromatic rings. The lowest BCUT2D eigenvalue weighted by Crippen LogP contribution is -2.03. The summed E-state index contributed by atoms with van der Waals surface area (Å²) in [5, 5.41) is 4.43. The van der Waals surface area contributed by atoms with Crippen molar-refractivity contribution < 1.29 is 0 Å². The lowest BCUT2D eigenvalue weighted by atomic mass is 10.5. The quantitative estimate of drug-likeness (QED) is 0.783. The molecule has 13 heavy (non-hydrogen) atoms. The van der Waals surface area contributed by atoms with Gasteiger partial charge in [-0.3, -0.25) is 4.98 Å². The highest BCUT2D eigenvalue weighted by molar-refractivity contribution is 7.98. The van der Waals surface area contributed by atoms with Crippen LogP contribution in [0.3, 0.4) is 0 Å². The molecule has 0 fully saturated rings. The molecule has 1 N–H and O–H groups in total. The van der Waals surface area contributed by atoms with E-state index in [2.05, 4.69) is 21.9 Å². The van der Waals surface area contributed by atoms with Crippen LogP contribution in [0.4, 0.5) is 5.82 Å². The molecular weight excluding hydrogens is 206 g/mol. The van der Waals surface area contributed by atoms with Gasteiger partial charge in [-0.05, 0) is 6.26 Å². The third-order valence-corrected chi connectivity index (χ3v) is 2.03. The van der Waals surface area contributed by atoms with Crippen molar-refractivity contribution in [1.82, 2.24) is 9.97 Å². The van der Waals surface area contributed by atoms with E-state index in [1.165, 1.54) is 0 Å². The van der Waals surface area contributed by atoms with Crippen molar-refractivity contribution in [3.63, 3.8) is 0 Å². The van der Waals surface area contributed by atoms with Crippen LogP contribution in [-0.4, -0.2) is 22.8 Å². The van der Waals surface area contributed by atoms with Gasteiger partial charge in [0.1, 0.15) is 10.8 Å². The van der Waals surface area contributed by atoms with Crippen LogP contribution < -0.4 is 5.32 Å². The van der Waals surface area contributed by atoms with Crippen LogP contribution in [0.15, 0.2) is 29.0 Å². The maximum Gasteiger partial charge on any atom is 0.146 e. The molecule has 0 aliphatic rings. The molecule has 0 saturated carbocycles. The fraction of sp³-hybridized carbons (Fsp3) is 0.250. The van der Waals surface area contributed by atoms with E-state index < -0.39 is 0 Å². The molecule has 0 radical (unpaired) electrons. The Morgan fingerprint density at radius 2 is 2.46 bits per heavy atom. The standard InChI is InChI=1S/C8H10ClN3S/c1-6(9)3-11-7-4-10-5-8(12-7)13-2/h4-5H,1,3H2,2H3,(H,11,12). The molecule has 0 bridgehead atoms. The predicted molar refractivity (Wildman–Crippen MR) is 57.3 cm³/mol. The maximum absolute atomic E-state index is 5.59. The summed E-state index contributed by atoms with van der Waals surface area (Å²) in [6.45, 7) is 4.07. The molecule has 0 aromatic carbocycles. The van der Waals surface area contributed by atoms with Crippen LogP contribution in [0.25, 0.3) is 0 Å². The van der Waals surface area contributed by atoms with Crippen molar-refractivity contribution in [2.75, 3.05) is 18.1 Å². The number of thioether (sulfide) groups is 1. The van der Waals surface area contributed by atoms with Gasteiger partial charge in [-0.25, -0.2) is 4.98 Å². The van der Waals surface area contributed by atoms with Crippen LogP contribution in [0.1, 0.15) is 0 Å². The van der Waals surface area contributed by atoms with E-state index in [0.717, 1.165) is 5.03 Å². The van der Waals surface area contributed by atoms with Gasteiger partial charge < -0.3 is 5.32 Å². The molecule has 3 nitrogen and oxygen atoms in total. The number of hydrogen-bond donors (Lipinski definition) is 1. The second-order valence-electron chi connectivity index (χ2n) is 2.32. The maximum atomic E-state index is 5.59. The number of nitrogens with one attached hydrogen (secondary N) is 1. The Bertz CT molecular complexity index is 303. The number of hydrogen-bond acceptors (Lipinski definition) is 4. The number of nitrogens with zero attached hydrogens (tertiary/aromatic N) is 2. The molecule has 1 aromatic heterocycles. The van der Waals surface area contributed by atoms with Crippen LogP contribution >= 0.6 is 23.4 Å². The molecule has 0 aliphatic heterocycles. The summed E-state index contributed by atoms with van der Waals surface area (Å²) in [6.07, 6.45) is 5.32. The van der Waals surface area contributed by atoms with Gasteiger partial charge in [0.15, 0.2) is 0 Å². The minimum Gasteiger partial charge on any atom is -0.364 e. The van der Waals surface area contributed by atoms with Crippen molar-refractivity contribution in [2.24, 2.45) is 0 Å². The molecule has 1 heterocycles. The lowest BCUT2D eigenvalue weighted by molar-refractivity contribution is 1.04. The van der Waals surface area contributed by atoms with E-state index in [9.17, 15) is 0 Å². The monoisotopic (exact) mass is 215 g/mol. The van der Waals surface area contributed by atoms with Crippen LogP contribution in [0, 0.1) is 0 Å². The summed E-state index contributed by atoms with van der Waals surface area (Å²) in [7, 11) is 0. The Labute approximate surface area is 86.6 Å². The first kappa shape index (κ1) is 10.3. The average molecular weight is 216 g/mol. The second-order valence-corrected chi connectivity index (χ2v) is 3.68. The van der Waals surface area contributed by atoms with Gasteiger partial charge in [0, 0.05) is 5.03 Å². The van der Waals surface area contributed by atoms with Crippen molar-refractivity contribution in [3.05, 3.63) is 24.0 Å². The van der Waals surface area contributed by atoms with Crippen LogP contribution in [0.2, 0.25) is 0 Å². The molecule has 0 amide bonds. The Hall–Kier alpha value is -0.740. The topological polar surface area (TPSA) is 37.8 Å². The first-order chi connectivity index (χ1) is 6.22. The summed E-state index contributed by atoms with van der Waals surface area (Å²) >= 11 is 7.14. The molecule has 0 spiro atoms. The van der Waals surface area contributed by atoms with Crippen LogP contribution in [0.5, 0.6) is 0 Å². The molecule has 0 unspecified atom stereocenters. The smallest absolute Gasteiger partial charge is 0.146 e. The van der Waals surface area contributed by atoms with Crippen molar-refractivity contribution in [1.29, 1.82) is 0 Å². The highest BCUT2D eigenvalue weighted by Crippen LogP contribution is 2.12. The van der Waals surface area contributed by atoms with Crippen molar-refractivity contribution in [3.8, 4) is 0 Å². The van der Waals surface area contributed by atoms with Crippen molar-refractivity contribution in [2.45, 2.75) is 5.03 Å². The Morgan fingerprint density at radius 1 is 1.69 bits per heavy atom. The molecular formula is C8H10ClN3S. The third-order valence-electron chi connectivity index (χ3n) is 1.28.